The van der Waals surface area contributed by atoms with Crippen LogP contribution in [0.1, 0.15) is 33.8 Å². The molecular weight excluding hydrogens is 276 g/mol. The van der Waals surface area contributed by atoms with Gasteiger partial charge < -0.3 is 9.47 Å². The Kier molecular flexibility index (Phi) is 3.88. The minimum absolute atomic E-state index is 0.0593. The quantitative estimate of drug-likeness (QED) is 0.782. The molecule has 1 saturated carbocycles. The number of carbonyl (C=O) groups excluding carboxylic acids is 1. The molecule has 1 aliphatic carbocycles. The number of carbonyl (C=O) groups is 1. The second kappa shape index (κ2) is 5.84. The first-order valence-electron chi connectivity index (χ1n) is 7.47. The standard InChI is InChI=1S/C19H20O3/c1-12-4-9-18(22-3)17(10-12)19(20)16-11-15(16)13-5-7-14(21-2)8-6-13/h4-10,15-16H,11H2,1-3H3. The maximum Gasteiger partial charge on any atom is 0.170 e. The Balaban J connectivity index is 1.79. The van der Waals surface area contributed by atoms with Gasteiger partial charge in [-0.2, -0.15) is 0 Å². The van der Waals surface area contributed by atoms with Gasteiger partial charge in [0.15, 0.2) is 5.78 Å². The SMILES string of the molecule is COc1ccc(C2CC2C(=O)c2cc(C)ccc2OC)cc1. The molecule has 0 radical (unpaired) electrons. The van der Waals surface area contributed by atoms with E-state index in [0.717, 1.165) is 17.7 Å². The van der Waals surface area contributed by atoms with Crippen LogP contribution >= 0.6 is 0 Å². The first kappa shape index (κ1) is 14.6. The molecule has 0 heterocycles. The van der Waals surface area contributed by atoms with Crippen molar-refractivity contribution in [2.24, 2.45) is 5.92 Å². The molecule has 3 nitrogen and oxygen atoms in total. The fourth-order valence-corrected chi connectivity index (χ4v) is 2.92. The van der Waals surface area contributed by atoms with Crippen molar-refractivity contribution in [3.05, 3.63) is 59.2 Å². The largest absolute Gasteiger partial charge is 0.497 e. The summed E-state index contributed by atoms with van der Waals surface area (Å²) < 4.78 is 10.5. The number of rotatable bonds is 5. The Hall–Kier alpha value is -2.29. The summed E-state index contributed by atoms with van der Waals surface area (Å²) in [4.78, 5) is 12.7. The summed E-state index contributed by atoms with van der Waals surface area (Å²) in [6.45, 7) is 1.99. The molecule has 2 atom stereocenters. The van der Waals surface area contributed by atoms with E-state index in [2.05, 4.69) is 0 Å². The third kappa shape index (κ3) is 2.71. The normalized spacial score (nSPS) is 19.6. The number of ketones is 1. The average Bonchev–Trinajstić information content (AvgIpc) is 3.35. The Morgan fingerprint density at radius 3 is 2.41 bits per heavy atom. The van der Waals surface area contributed by atoms with E-state index in [-0.39, 0.29) is 11.7 Å². The lowest BCUT2D eigenvalue weighted by Gasteiger charge is -2.09. The van der Waals surface area contributed by atoms with Gasteiger partial charge in [-0.15, -0.1) is 0 Å². The molecule has 0 aromatic heterocycles. The second-order valence-electron chi connectivity index (χ2n) is 5.79. The predicted octanol–water partition coefficient (Wildman–Crippen LogP) is 4.00. The minimum Gasteiger partial charge on any atom is -0.497 e. The summed E-state index contributed by atoms with van der Waals surface area (Å²) in [5.41, 5.74) is 2.97. The highest BCUT2D eigenvalue weighted by Gasteiger charge is 2.44. The zero-order valence-electron chi connectivity index (χ0n) is 13.1. The molecule has 22 heavy (non-hydrogen) atoms. The average molecular weight is 296 g/mol. The third-order valence-electron chi connectivity index (χ3n) is 4.29. The number of methoxy groups -OCH3 is 2. The molecular formula is C19H20O3. The van der Waals surface area contributed by atoms with Crippen LogP contribution < -0.4 is 9.47 Å². The summed E-state index contributed by atoms with van der Waals surface area (Å²) in [6.07, 6.45) is 0.905. The molecule has 0 amide bonds. The Labute approximate surface area is 130 Å². The summed E-state index contributed by atoms with van der Waals surface area (Å²) in [5, 5.41) is 0. The Bertz CT molecular complexity index is 688. The van der Waals surface area contributed by atoms with E-state index in [1.54, 1.807) is 14.2 Å². The van der Waals surface area contributed by atoms with Crippen LogP contribution in [0.15, 0.2) is 42.5 Å². The van der Waals surface area contributed by atoms with Crippen molar-refractivity contribution >= 4 is 5.78 Å². The lowest BCUT2D eigenvalue weighted by molar-refractivity contribution is 0.0962. The monoisotopic (exact) mass is 296 g/mol. The van der Waals surface area contributed by atoms with E-state index in [0.29, 0.717) is 17.2 Å². The summed E-state index contributed by atoms with van der Waals surface area (Å²) >= 11 is 0. The van der Waals surface area contributed by atoms with E-state index in [1.165, 1.54) is 5.56 Å². The highest BCUT2D eigenvalue weighted by atomic mass is 16.5. The molecule has 0 saturated heterocycles. The van der Waals surface area contributed by atoms with Crippen molar-refractivity contribution < 1.29 is 14.3 Å². The summed E-state index contributed by atoms with van der Waals surface area (Å²) in [7, 11) is 3.26. The van der Waals surface area contributed by atoms with E-state index >= 15 is 0 Å². The van der Waals surface area contributed by atoms with Crippen molar-refractivity contribution in [3.63, 3.8) is 0 Å². The van der Waals surface area contributed by atoms with Crippen LogP contribution in [-0.2, 0) is 0 Å². The van der Waals surface area contributed by atoms with Gasteiger partial charge in [0, 0.05) is 5.92 Å². The van der Waals surface area contributed by atoms with Crippen LogP contribution in [-0.4, -0.2) is 20.0 Å². The van der Waals surface area contributed by atoms with Gasteiger partial charge in [-0.3, -0.25) is 4.79 Å². The molecule has 1 fully saturated rings. The maximum atomic E-state index is 12.7. The number of hydrogen-bond donors (Lipinski definition) is 0. The van der Waals surface area contributed by atoms with Gasteiger partial charge >= 0.3 is 0 Å². The lowest BCUT2D eigenvalue weighted by Crippen LogP contribution is -2.06. The molecule has 114 valence electrons. The van der Waals surface area contributed by atoms with Crippen molar-refractivity contribution in [1.29, 1.82) is 0 Å². The molecule has 0 bridgehead atoms. The summed E-state index contributed by atoms with van der Waals surface area (Å²) in [5.74, 6) is 2.05. The fourth-order valence-electron chi connectivity index (χ4n) is 2.92. The van der Waals surface area contributed by atoms with Crippen LogP contribution in [0.4, 0.5) is 0 Å². The Morgan fingerprint density at radius 2 is 1.77 bits per heavy atom. The number of hydrogen-bond acceptors (Lipinski definition) is 3. The first-order valence-corrected chi connectivity index (χ1v) is 7.47. The minimum atomic E-state index is 0.0593. The molecule has 2 unspecified atom stereocenters. The number of ether oxygens (including phenoxy) is 2. The van der Waals surface area contributed by atoms with E-state index in [4.69, 9.17) is 9.47 Å². The van der Waals surface area contributed by atoms with Crippen molar-refractivity contribution in [2.45, 2.75) is 19.3 Å². The van der Waals surface area contributed by atoms with E-state index < -0.39 is 0 Å². The molecule has 3 rings (SSSR count). The smallest absolute Gasteiger partial charge is 0.170 e. The highest BCUT2D eigenvalue weighted by Crippen LogP contribution is 2.50. The van der Waals surface area contributed by atoms with Gasteiger partial charge in [0.2, 0.25) is 0 Å². The summed E-state index contributed by atoms with van der Waals surface area (Å²) in [6, 6.07) is 13.7. The molecule has 0 spiro atoms. The molecule has 1 aliphatic rings. The van der Waals surface area contributed by atoms with E-state index in [1.807, 2.05) is 49.4 Å². The molecule has 2 aromatic rings. The Morgan fingerprint density at radius 1 is 1.05 bits per heavy atom. The van der Waals surface area contributed by atoms with Crippen molar-refractivity contribution in [2.75, 3.05) is 14.2 Å². The highest BCUT2D eigenvalue weighted by molar-refractivity contribution is 6.02. The van der Waals surface area contributed by atoms with Gasteiger partial charge in [0.1, 0.15) is 11.5 Å². The number of Topliss-reactive ketones (excluding diaryl/α,β-unsaturated/α-hetero) is 1. The van der Waals surface area contributed by atoms with Crippen LogP contribution in [0, 0.1) is 12.8 Å². The predicted molar refractivity (Wildman–Crippen MR) is 85.9 cm³/mol. The maximum absolute atomic E-state index is 12.7. The molecule has 0 aliphatic heterocycles. The van der Waals surface area contributed by atoms with Crippen LogP contribution in [0.25, 0.3) is 0 Å². The topological polar surface area (TPSA) is 35.5 Å². The van der Waals surface area contributed by atoms with Crippen LogP contribution in [0.2, 0.25) is 0 Å². The van der Waals surface area contributed by atoms with Gasteiger partial charge in [0.25, 0.3) is 0 Å². The van der Waals surface area contributed by atoms with Gasteiger partial charge in [-0.25, -0.2) is 0 Å². The fraction of sp³-hybridized carbons (Fsp3) is 0.316. The molecule has 2 aromatic carbocycles. The van der Waals surface area contributed by atoms with Crippen molar-refractivity contribution in [3.8, 4) is 11.5 Å². The lowest BCUT2D eigenvalue weighted by atomic mass is 10.0. The van der Waals surface area contributed by atoms with Gasteiger partial charge in [-0.05, 0) is 49.1 Å². The van der Waals surface area contributed by atoms with E-state index in [9.17, 15) is 4.79 Å². The number of benzene rings is 2. The van der Waals surface area contributed by atoms with Gasteiger partial charge in [0.05, 0.1) is 19.8 Å². The second-order valence-corrected chi connectivity index (χ2v) is 5.79. The van der Waals surface area contributed by atoms with Gasteiger partial charge in [-0.1, -0.05) is 23.8 Å². The molecule has 3 heteroatoms. The van der Waals surface area contributed by atoms with Crippen LogP contribution in [0.5, 0.6) is 11.5 Å². The number of aryl methyl sites for hydroxylation is 1. The third-order valence-corrected chi connectivity index (χ3v) is 4.29. The zero-order valence-corrected chi connectivity index (χ0v) is 13.1. The zero-order chi connectivity index (χ0) is 15.7. The van der Waals surface area contributed by atoms with Crippen LogP contribution in [0.3, 0.4) is 0 Å². The van der Waals surface area contributed by atoms with Crippen molar-refractivity contribution in [1.82, 2.24) is 0 Å². The first-order chi connectivity index (χ1) is 10.6. The molecule has 0 N–H and O–H groups in total.